The topological polar surface area (TPSA) is 53.1 Å². The molecule has 4 rings (SSSR count). The number of para-hydroxylation sites is 2. The fourth-order valence-electron chi connectivity index (χ4n) is 2.90. The van der Waals surface area contributed by atoms with E-state index in [1.165, 1.54) is 0 Å². The van der Waals surface area contributed by atoms with Gasteiger partial charge in [0.15, 0.2) is 11.4 Å². The van der Waals surface area contributed by atoms with Crippen LogP contribution < -0.4 is 0 Å². The number of oxazole rings is 1. The second kappa shape index (κ2) is 7.22. The largest absolute Gasteiger partial charge is 0.434 e. The average Bonchev–Trinajstić information content (AvgIpc) is 3.18. The van der Waals surface area contributed by atoms with Crippen LogP contribution in [0.4, 0.5) is 0 Å². The van der Waals surface area contributed by atoms with Gasteiger partial charge in [-0.2, -0.15) is 0 Å². The highest BCUT2D eigenvalue weighted by atomic mass is 79.9. The lowest BCUT2D eigenvalue weighted by Crippen LogP contribution is -2.22. The van der Waals surface area contributed by atoms with Gasteiger partial charge < -0.3 is 9.15 Å². The third-order valence-electron chi connectivity index (χ3n) is 4.41. The Morgan fingerprint density at radius 3 is 2.70 bits per heavy atom. The molecule has 140 valence electrons. The highest BCUT2D eigenvalue weighted by Crippen LogP contribution is 2.29. The van der Waals surface area contributed by atoms with Gasteiger partial charge in [-0.3, -0.25) is 4.57 Å². The van der Waals surface area contributed by atoms with E-state index in [2.05, 4.69) is 40.6 Å². The molecule has 0 aliphatic heterocycles. The molecular formula is C20H22BrN3O2Si. The van der Waals surface area contributed by atoms with Gasteiger partial charge in [0.2, 0.25) is 0 Å². The molecule has 0 aliphatic carbocycles. The fraction of sp³-hybridized carbons (Fsp3) is 0.300. The van der Waals surface area contributed by atoms with E-state index in [1.807, 2.05) is 47.0 Å². The van der Waals surface area contributed by atoms with Gasteiger partial charge in [0.25, 0.3) is 5.89 Å². The minimum Gasteiger partial charge on any atom is -0.434 e. The molecule has 0 saturated carbocycles. The Bertz CT molecular complexity index is 1100. The molecule has 0 atom stereocenters. The lowest BCUT2D eigenvalue weighted by atomic mass is 10.3. The van der Waals surface area contributed by atoms with Crippen LogP contribution in [0.5, 0.6) is 0 Å². The molecule has 0 N–H and O–H groups in total. The maximum Gasteiger partial charge on any atom is 0.264 e. The number of benzene rings is 2. The number of ether oxygens (including phenoxy) is 1. The van der Waals surface area contributed by atoms with Crippen LogP contribution >= 0.6 is 15.9 Å². The smallest absolute Gasteiger partial charge is 0.264 e. The maximum absolute atomic E-state index is 6.00. The van der Waals surface area contributed by atoms with Crippen molar-refractivity contribution in [2.45, 2.75) is 32.4 Å². The minimum atomic E-state index is -1.12. The number of fused-ring (bicyclic) bond motifs is 2. The van der Waals surface area contributed by atoms with Crippen LogP contribution in [0.3, 0.4) is 0 Å². The van der Waals surface area contributed by atoms with Crippen molar-refractivity contribution in [2.24, 2.45) is 0 Å². The van der Waals surface area contributed by atoms with E-state index in [0.717, 1.165) is 39.3 Å². The highest BCUT2D eigenvalue weighted by Gasteiger charge is 2.19. The molecule has 0 spiro atoms. The summed E-state index contributed by atoms with van der Waals surface area (Å²) in [5.74, 6) is 1.20. The summed E-state index contributed by atoms with van der Waals surface area (Å²) in [7, 11) is -1.12. The molecule has 0 radical (unpaired) electrons. The third kappa shape index (κ3) is 4.00. The Labute approximate surface area is 167 Å². The molecule has 5 nitrogen and oxygen atoms in total. The second-order valence-corrected chi connectivity index (χ2v) is 14.4. The molecule has 2 aromatic heterocycles. The SMILES string of the molecule is C[Si](C)(C)CCOCn1c(-c2nc3ccc(Br)cc3o2)nc2ccccc21. The Morgan fingerprint density at radius 2 is 1.89 bits per heavy atom. The number of nitrogens with zero attached hydrogens (tertiary/aromatic N) is 3. The van der Waals surface area contributed by atoms with Crippen LogP contribution in [-0.4, -0.2) is 29.2 Å². The Morgan fingerprint density at radius 1 is 1.07 bits per heavy atom. The highest BCUT2D eigenvalue weighted by molar-refractivity contribution is 9.10. The number of rotatable bonds is 6. The first kappa shape index (κ1) is 18.4. The third-order valence-corrected chi connectivity index (χ3v) is 6.61. The number of hydrogen-bond acceptors (Lipinski definition) is 4. The lowest BCUT2D eigenvalue weighted by molar-refractivity contribution is 0.0906. The van der Waals surface area contributed by atoms with E-state index >= 15 is 0 Å². The van der Waals surface area contributed by atoms with Gasteiger partial charge >= 0.3 is 0 Å². The summed E-state index contributed by atoms with van der Waals surface area (Å²) < 4.78 is 15.0. The van der Waals surface area contributed by atoms with Gasteiger partial charge in [-0.25, -0.2) is 9.97 Å². The molecule has 0 bridgehead atoms. The standard InChI is InChI=1S/C20H22BrN3O2Si/c1-27(2,3)11-10-25-13-24-17-7-5-4-6-15(17)22-19(24)20-23-16-9-8-14(21)12-18(16)26-20/h4-9,12H,10-11,13H2,1-3H3. The van der Waals surface area contributed by atoms with E-state index in [9.17, 15) is 0 Å². The van der Waals surface area contributed by atoms with E-state index in [-0.39, 0.29) is 0 Å². The summed E-state index contributed by atoms with van der Waals surface area (Å²) in [5.41, 5.74) is 3.47. The zero-order valence-electron chi connectivity index (χ0n) is 15.7. The van der Waals surface area contributed by atoms with Crippen molar-refractivity contribution in [1.29, 1.82) is 0 Å². The van der Waals surface area contributed by atoms with E-state index in [4.69, 9.17) is 14.1 Å². The molecule has 0 aliphatic rings. The first-order chi connectivity index (χ1) is 12.9. The van der Waals surface area contributed by atoms with Crippen molar-refractivity contribution >= 4 is 46.1 Å². The molecule has 0 unspecified atom stereocenters. The number of halogens is 1. The van der Waals surface area contributed by atoms with Crippen molar-refractivity contribution in [2.75, 3.05) is 6.61 Å². The van der Waals surface area contributed by atoms with Crippen LogP contribution in [0.15, 0.2) is 51.4 Å². The Hall–Kier alpha value is -1.96. The summed E-state index contributed by atoms with van der Waals surface area (Å²) >= 11 is 3.47. The van der Waals surface area contributed by atoms with Crippen LogP contribution in [-0.2, 0) is 11.5 Å². The summed E-state index contributed by atoms with van der Waals surface area (Å²) in [4.78, 5) is 9.38. The molecular weight excluding hydrogens is 422 g/mol. The van der Waals surface area contributed by atoms with Crippen LogP contribution in [0.25, 0.3) is 33.8 Å². The van der Waals surface area contributed by atoms with Crippen molar-refractivity contribution in [1.82, 2.24) is 14.5 Å². The normalized spacial score (nSPS) is 12.3. The predicted molar refractivity (Wildman–Crippen MR) is 115 cm³/mol. The zero-order valence-corrected chi connectivity index (χ0v) is 18.3. The monoisotopic (exact) mass is 443 g/mol. The Balaban J connectivity index is 1.70. The quantitative estimate of drug-likeness (QED) is 0.274. The van der Waals surface area contributed by atoms with Crippen molar-refractivity contribution in [3.05, 3.63) is 46.9 Å². The fourth-order valence-corrected chi connectivity index (χ4v) is 3.99. The predicted octanol–water partition coefficient (Wildman–Crippen LogP) is 5.92. The van der Waals surface area contributed by atoms with E-state index in [1.54, 1.807) is 0 Å². The van der Waals surface area contributed by atoms with Gasteiger partial charge in [0.1, 0.15) is 12.2 Å². The van der Waals surface area contributed by atoms with Gasteiger partial charge in [-0.15, -0.1) is 0 Å². The zero-order chi connectivity index (χ0) is 19.0. The lowest BCUT2D eigenvalue weighted by Gasteiger charge is -2.16. The molecule has 0 saturated heterocycles. The molecule has 27 heavy (non-hydrogen) atoms. The summed E-state index contributed by atoms with van der Waals surface area (Å²) in [5, 5.41) is 0. The first-order valence-electron chi connectivity index (χ1n) is 9.00. The molecule has 0 amide bonds. The molecule has 4 aromatic rings. The first-order valence-corrected chi connectivity index (χ1v) is 13.5. The Kier molecular flexibility index (Phi) is 4.92. The van der Waals surface area contributed by atoms with Gasteiger partial charge in [0, 0.05) is 19.2 Å². The van der Waals surface area contributed by atoms with Gasteiger partial charge in [-0.05, 0) is 36.4 Å². The van der Waals surface area contributed by atoms with Crippen molar-refractivity contribution in [3.8, 4) is 11.7 Å². The van der Waals surface area contributed by atoms with Crippen molar-refractivity contribution < 1.29 is 9.15 Å². The van der Waals surface area contributed by atoms with Crippen LogP contribution in [0.2, 0.25) is 25.7 Å². The van der Waals surface area contributed by atoms with Crippen LogP contribution in [0.1, 0.15) is 0 Å². The maximum atomic E-state index is 6.00. The summed E-state index contributed by atoms with van der Waals surface area (Å²) in [6, 6.07) is 15.0. The number of imidazole rings is 1. The summed E-state index contributed by atoms with van der Waals surface area (Å²) in [6.07, 6.45) is 0. The van der Waals surface area contributed by atoms with Crippen LogP contribution in [0, 0.1) is 0 Å². The van der Waals surface area contributed by atoms with E-state index < -0.39 is 8.07 Å². The molecule has 2 aromatic carbocycles. The van der Waals surface area contributed by atoms with E-state index in [0.29, 0.717) is 18.4 Å². The number of hydrogen-bond donors (Lipinski definition) is 0. The molecule has 7 heteroatoms. The van der Waals surface area contributed by atoms with Gasteiger partial charge in [-0.1, -0.05) is 47.7 Å². The summed E-state index contributed by atoms with van der Waals surface area (Å²) in [6.45, 7) is 8.24. The van der Waals surface area contributed by atoms with Gasteiger partial charge in [0.05, 0.1) is 11.0 Å². The molecule has 2 heterocycles. The minimum absolute atomic E-state index is 0.433. The number of aromatic nitrogens is 3. The van der Waals surface area contributed by atoms with Crippen molar-refractivity contribution in [3.63, 3.8) is 0 Å². The second-order valence-electron chi connectivity index (χ2n) is 7.83. The average molecular weight is 444 g/mol. The molecule has 0 fully saturated rings.